The van der Waals surface area contributed by atoms with Crippen molar-refractivity contribution in [2.45, 2.75) is 52.6 Å². The highest BCUT2D eigenvalue weighted by Gasteiger charge is 2.33. The Labute approximate surface area is 152 Å². The molecule has 26 heavy (non-hydrogen) atoms. The van der Waals surface area contributed by atoms with Crippen LogP contribution in [0.1, 0.15) is 47.6 Å². The molecule has 0 saturated heterocycles. The lowest BCUT2D eigenvalue weighted by Gasteiger charge is -2.16. The minimum Gasteiger partial charge on any atom is -0.457 e. The maximum absolute atomic E-state index is 13.0. The predicted octanol–water partition coefficient (Wildman–Crippen LogP) is 6.20. The number of alkyl halides is 3. The van der Waals surface area contributed by atoms with E-state index in [2.05, 4.69) is 6.92 Å². The van der Waals surface area contributed by atoms with Gasteiger partial charge in [0.1, 0.15) is 17.8 Å². The standard InChI is InChI=1S/C21H23F3O2/c1-4-6-17-13-18(9-8-16(17)7-5-10-25)26-20-12-14(2)19(11-15(20)3)21(22,23)24/h8-13H,4-7H2,1-3H3. The highest BCUT2D eigenvalue weighted by Crippen LogP contribution is 2.36. The number of hydrogen-bond donors (Lipinski definition) is 0. The Hall–Kier alpha value is -2.30. The lowest BCUT2D eigenvalue weighted by atomic mass is 9.99. The number of halogens is 3. The van der Waals surface area contributed by atoms with Crippen molar-refractivity contribution in [1.82, 2.24) is 0 Å². The monoisotopic (exact) mass is 364 g/mol. The molecule has 0 heterocycles. The molecule has 0 saturated carbocycles. The minimum absolute atomic E-state index is 0.134. The van der Waals surface area contributed by atoms with Crippen molar-refractivity contribution in [2.75, 3.05) is 0 Å². The first-order chi connectivity index (χ1) is 12.3. The maximum Gasteiger partial charge on any atom is 0.416 e. The van der Waals surface area contributed by atoms with Gasteiger partial charge in [0, 0.05) is 6.42 Å². The summed E-state index contributed by atoms with van der Waals surface area (Å²) in [5.74, 6) is 1.00. The van der Waals surface area contributed by atoms with Crippen LogP contribution in [0.5, 0.6) is 11.5 Å². The molecule has 0 atom stereocenters. The second-order valence-corrected chi connectivity index (χ2v) is 6.42. The van der Waals surface area contributed by atoms with E-state index in [9.17, 15) is 18.0 Å². The van der Waals surface area contributed by atoms with Crippen LogP contribution < -0.4 is 4.74 Å². The van der Waals surface area contributed by atoms with Gasteiger partial charge in [-0.15, -0.1) is 0 Å². The van der Waals surface area contributed by atoms with Gasteiger partial charge in [0.2, 0.25) is 0 Å². The number of aryl methyl sites for hydroxylation is 4. The van der Waals surface area contributed by atoms with Gasteiger partial charge in [-0.05, 0) is 73.2 Å². The Bertz CT molecular complexity index is 780. The van der Waals surface area contributed by atoms with Crippen molar-refractivity contribution < 1.29 is 22.7 Å². The van der Waals surface area contributed by atoms with E-state index < -0.39 is 11.7 Å². The average molecular weight is 364 g/mol. The predicted molar refractivity (Wildman–Crippen MR) is 95.8 cm³/mol. The van der Waals surface area contributed by atoms with Gasteiger partial charge < -0.3 is 9.53 Å². The third-order valence-electron chi connectivity index (χ3n) is 4.28. The van der Waals surface area contributed by atoms with Crippen molar-refractivity contribution >= 4 is 6.29 Å². The van der Waals surface area contributed by atoms with Crippen molar-refractivity contribution in [2.24, 2.45) is 0 Å². The molecule has 0 N–H and O–H groups in total. The lowest BCUT2D eigenvalue weighted by molar-refractivity contribution is -0.138. The molecule has 2 aromatic rings. The summed E-state index contributed by atoms with van der Waals surface area (Å²) in [6.07, 6.45) is -0.519. The summed E-state index contributed by atoms with van der Waals surface area (Å²) in [7, 11) is 0. The van der Waals surface area contributed by atoms with Crippen LogP contribution >= 0.6 is 0 Å². The van der Waals surface area contributed by atoms with Crippen LogP contribution in [0.15, 0.2) is 30.3 Å². The summed E-state index contributed by atoms with van der Waals surface area (Å²) in [4.78, 5) is 10.6. The van der Waals surface area contributed by atoms with Gasteiger partial charge in [0.15, 0.2) is 0 Å². The Morgan fingerprint density at radius 1 is 1.00 bits per heavy atom. The van der Waals surface area contributed by atoms with E-state index in [4.69, 9.17) is 4.74 Å². The molecule has 5 heteroatoms. The van der Waals surface area contributed by atoms with Gasteiger partial charge >= 0.3 is 6.18 Å². The van der Waals surface area contributed by atoms with E-state index >= 15 is 0 Å². The molecule has 140 valence electrons. The van der Waals surface area contributed by atoms with Gasteiger partial charge in [-0.2, -0.15) is 13.2 Å². The van der Waals surface area contributed by atoms with E-state index in [0.717, 1.165) is 36.3 Å². The Morgan fingerprint density at radius 3 is 2.35 bits per heavy atom. The van der Waals surface area contributed by atoms with Gasteiger partial charge in [0.25, 0.3) is 0 Å². The zero-order valence-electron chi connectivity index (χ0n) is 15.2. The number of hydrogen-bond acceptors (Lipinski definition) is 2. The fourth-order valence-electron chi connectivity index (χ4n) is 2.96. The van der Waals surface area contributed by atoms with Crippen LogP contribution in [-0.2, 0) is 23.8 Å². The van der Waals surface area contributed by atoms with Gasteiger partial charge in [-0.3, -0.25) is 0 Å². The van der Waals surface area contributed by atoms with E-state index in [0.29, 0.717) is 29.9 Å². The number of rotatable bonds is 7. The molecule has 0 spiro atoms. The molecule has 0 aromatic heterocycles. The third kappa shape index (κ3) is 4.87. The Balaban J connectivity index is 2.32. The lowest BCUT2D eigenvalue weighted by Crippen LogP contribution is -2.08. The van der Waals surface area contributed by atoms with E-state index in [-0.39, 0.29) is 5.56 Å². The van der Waals surface area contributed by atoms with E-state index in [1.54, 1.807) is 13.0 Å². The summed E-state index contributed by atoms with van der Waals surface area (Å²) >= 11 is 0. The second-order valence-electron chi connectivity index (χ2n) is 6.42. The highest BCUT2D eigenvalue weighted by molar-refractivity contribution is 5.51. The fourth-order valence-corrected chi connectivity index (χ4v) is 2.96. The molecule has 0 fully saturated rings. The van der Waals surface area contributed by atoms with Crippen molar-refractivity contribution in [3.05, 3.63) is 58.1 Å². The number of aldehydes is 1. The van der Waals surface area contributed by atoms with Crippen molar-refractivity contribution in [1.29, 1.82) is 0 Å². The van der Waals surface area contributed by atoms with Crippen LogP contribution in [0.3, 0.4) is 0 Å². The second kappa shape index (κ2) is 8.39. The molecule has 0 radical (unpaired) electrons. The Morgan fingerprint density at radius 2 is 1.73 bits per heavy atom. The topological polar surface area (TPSA) is 26.3 Å². The van der Waals surface area contributed by atoms with Gasteiger partial charge in [-0.25, -0.2) is 0 Å². The van der Waals surface area contributed by atoms with Crippen molar-refractivity contribution in [3.8, 4) is 11.5 Å². The molecule has 0 aliphatic carbocycles. The van der Waals surface area contributed by atoms with Crippen LogP contribution in [0.4, 0.5) is 13.2 Å². The van der Waals surface area contributed by atoms with Crippen LogP contribution in [0, 0.1) is 13.8 Å². The highest BCUT2D eigenvalue weighted by atomic mass is 19.4. The zero-order chi connectivity index (χ0) is 19.3. The summed E-state index contributed by atoms with van der Waals surface area (Å²) < 4.78 is 44.9. The normalized spacial score (nSPS) is 11.5. The first kappa shape index (κ1) is 20.0. The van der Waals surface area contributed by atoms with Crippen LogP contribution in [-0.4, -0.2) is 6.29 Å². The first-order valence-electron chi connectivity index (χ1n) is 8.68. The number of ether oxygens (including phenoxy) is 1. The molecule has 2 rings (SSSR count). The first-order valence-corrected chi connectivity index (χ1v) is 8.68. The fraction of sp³-hybridized carbons (Fsp3) is 0.381. The molecule has 0 aliphatic heterocycles. The largest absolute Gasteiger partial charge is 0.457 e. The van der Waals surface area contributed by atoms with E-state index in [1.165, 1.54) is 13.0 Å². The van der Waals surface area contributed by atoms with E-state index in [1.807, 2.05) is 12.1 Å². The number of carbonyl (C=O) groups is 1. The summed E-state index contributed by atoms with van der Waals surface area (Å²) in [5.41, 5.74) is 2.14. The molecule has 0 bridgehead atoms. The van der Waals surface area contributed by atoms with Crippen LogP contribution in [0.25, 0.3) is 0 Å². The summed E-state index contributed by atoms with van der Waals surface area (Å²) in [6.45, 7) is 5.11. The zero-order valence-corrected chi connectivity index (χ0v) is 15.2. The number of benzene rings is 2. The van der Waals surface area contributed by atoms with Gasteiger partial charge in [0.05, 0.1) is 5.56 Å². The molecule has 2 aromatic carbocycles. The molecule has 0 unspecified atom stereocenters. The SMILES string of the molecule is CCCc1cc(Oc2cc(C)c(C(F)(F)F)cc2C)ccc1CCC=O. The molecular weight excluding hydrogens is 341 g/mol. The summed E-state index contributed by atoms with van der Waals surface area (Å²) in [6, 6.07) is 8.19. The minimum atomic E-state index is -4.37. The molecule has 0 amide bonds. The molecule has 0 aliphatic rings. The van der Waals surface area contributed by atoms with Crippen molar-refractivity contribution in [3.63, 3.8) is 0 Å². The molecular formula is C21H23F3O2. The molecule has 2 nitrogen and oxygen atoms in total. The third-order valence-corrected chi connectivity index (χ3v) is 4.28. The average Bonchev–Trinajstić information content (AvgIpc) is 2.56. The van der Waals surface area contributed by atoms with Crippen LogP contribution in [0.2, 0.25) is 0 Å². The maximum atomic E-state index is 13.0. The number of carbonyl (C=O) groups excluding carboxylic acids is 1. The van der Waals surface area contributed by atoms with Gasteiger partial charge in [-0.1, -0.05) is 19.4 Å². The smallest absolute Gasteiger partial charge is 0.416 e. The Kier molecular flexibility index (Phi) is 6.46. The quantitative estimate of drug-likeness (QED) is 0.547. The summed E-state index contributed by atoms with van der Waals surface area (Å²) in [5, 5.41) is 0.